The molecule has 1 aliphatic heterocycles. The summed E-state index contributed by atoms with van der Waals surface area (Å²) in [6, 6.07) is 13.8. The number of aromatic nitrogens is 1. The van der Waals surface area contributed by atoms with Gasteiger partial charge in [0.2, 0.25) is 0 Å². The molecule has 3 N–H and O–H groups in total. The van der Waals surface area contributed by atoms with Crippen LogP contribution in [0.5, 0.6) is 0 Å². The highest BCUT2D eigenvalue weighted by atomic mass is 19.2. The number of halogens is 2. The number of hydrogen-bond acceptors (Lipinski definition) is 7. The van der Waals surface area contributed by atoms with Gasteiger partial charge in [0, 0.05) is 49.9 Å². The van der Waals surface area contributed by atoms with E-state index in [-0.39, 0.29) is 17.9 Å². The van der Waals surface area contributed by atoms with Crippen LogP contribution in [-0.2, 0) is 6.42 Å². The average molecular weight is 504 g/mol. The van der Waals surface area contributed by atoms with E-state index in [0.29, 0.717) is 42.9 Å². The molecule has 0 atom stereocenters. The van der Waals surface area contributed by atoms with Gasteiger partial charge in [-0.05, 0) is 42.0 Å². The number of hydrazine groups is 1. The van der Waals surface area contributed by atoms with E-state index in [1.807, 2.05) is 11.0 Å². The minimum absolute atomic E-state index is 0.210. The molecular formula is C26H22F2N6O3. The van der Waals surface area contributed by atoms with Crippen LogP contribution in [0.15, 0.2) is 54.7 Å². The summed E-state index contributed by atoms with van der Waals surface area (Å²) in [6.07, 6.45) is 1.26. The number of nitrogens with one attached hydrogen (secondary N) is 1. The van der Waals surface area contributed by atoms with Crippen LogP contribution >= 0.6 is 0 Å². The quantitative estimate of drug-likeness (QED) is 0.228. The van der Waals surface area contributed by atoms with Crippen molar-refractivity contribution >= 4 is 23.4 Å². The maximum absolute atomic E-state index is 14.2. The Morgan fingerprint density at radius 1 is 1.05 bits per heavy atom. The first-order valence-electron chi connectivity index (χ1n) is 11.3. The molecule has 11 heteroatoms. The number of nitrogens with zero attached hydrogens (tertiary/aromatic N) is 4. The summed E-state index contributed by atoms with van der Waals surface area (Å²) in [4.78, 5) is 46.0. The van der Waals surface area contributed by atoms with E-state index < -0.39 is 28.9 Å². The highest BCUT2D eigenvalue weighted by Gasteiger charge is 2.25. The number of nitrogens with two attached hydrogens (primary N) is 1. The fourth-order valence-electron chi connectivity index (χ4n) is 4.13. The molecule has 1 aromatic heterocycles. The second kappa shape index (κ2) is 10.9. The molecule has 0 bridgehead atoms. The molecule has 1 saturated heterocycles. The van der Waals surface area contributed by atoms with Crippen LogP contribution in [-0.4, -0.2) is 53.7 Å². The normalized spacial score (nSPS) is 13.1. The molecule has 2 heterocycles. The predicted molar refractivity (Wildman–Crippen MR) is 130 cm³/mol. The number of carbonyl (C=O) groups excluding carboxylic acids is 3. The van der Waals surface area contributed by atoms with Crippen molar-refractivity contribution < 1.29 is 23.2 Å². The smallest absolute Gasteiger partial charge is 0.269 e. The Morgan fingerprint density at radius 2 is 1.81 bits per heavy atom. The number of anilines is 1. The lowest BCUT2D eigenvalue weighted by Gasteiger charge is -2.35. The summed E-state index contributed by atoms with van der Waals surface area (Å²) in [7, 11) is 0. The summed E-state index contributed by atoms with van der Waals surface area (Å²) in [5.41, 5.74) is 1.96. The number of rotatable bonds is 6. The molecule has 2 aromatic carbocycles. The van der Waals surface area contributed by atoms with Gasteiger partial charge < -0.3 is 9.80 Å². The second-order valence-corrected chi connectivity index (χ2v) is 8.35. The number of ketones is 1. The number of carbonyl (C=O) groups is 3. The molecule has 0 saturated carbocycles. The molecule has 2 amide bonds. The number of benzene rings is 2. The molecule has 188 valence electrons. The summed E-state index contributed by atoms with van der Waals surface area (Å²) in [6.45, 7) is 2.03. The Morgan fingerprint density at radius 3 is 2.46 bits per heavy atom. The average Bonchev–Trinajstić information content (AvgIpc) is 2.93. The third-order valence-electron chi connectivity index (χ3n) is 6.06. The third-order valence-corrected chi connectivity index (χ3v) is 6.06. The number of Topliss-reactive ketones (excluding diaryl/α,β-unsaturated/α-hetero) is 1. The first kappa shape index (κ1) is 25.4. The molecular weight excluding hydrogens is 482 g/mol. The highest BCUT2D eigenvalue weighted by molar-refractivity contribution is 6.08. The van der Waals surface area contributed by atoms with Crippen LogP contribution in [0.25, 0.3) is 0 Å². The minimum Gasteiger partial charge on any atom is -0.353 e. The SMILES string of the molecule is N#Cc1ccc(N2CCN(C(=O)c3cccc(CC(=O)c4ccc(F)c(F)c4C(=O)NN)c3)CC2)nc1. The van der Waals surface area contributed by atoms with E-state index in [0.717, 1.165) is 18.0 Å². The van der Waals surface area contributed by atoms with Crippen molar-refractivity contribution in [1.82, 2.24) is 15.3 Å². The molecule has 4 rings (SSSR count). The largest absolute Gasteiger partial charge is 0.353 e. The number of nitrogen functional groups attached to an aromatic ring is 1. The highest BCUT2D eigenvalue weighted by Crippen LogP contribution is 2.21. The molecule has 0 radical (unpaired) electrons. The topological polar surface area (TPSA) is 132 Å². The van der Waals surface area contributed by atoms with Crippen molar-refractivity contribution in [2.75, 3.05) is 31.1 Å². The van der Waals surface area contributed by atoms with Gasteiger partial charge in [-0.3, -0.25) is 19.8 Å². The maximum Gasteiger partial charge on any atom is 0.269 e. The zero-order valence-corrected chi connectivity index (χ0v) is 19.6. The second-order valence-electron chi connectivity index (χ2n) is 8.35. The first-order valence-corrected chi connectivity index (χ1v) is 11.3. The van der Waals surface area contributed by atoms with Gasteiger partial charge in [0.25, 0.3) is 11.8 Å². The van der Waals surface area contributed by atoms with Gasteiger partial charge in [0.1, 0.15) is 11.9 Å². The Hall–Kier alpha value is -4.69. The number of piperazine rings is 1. The van der Waals surface area contributed by atoms with Gasteiger partial charge in [-0.15, -0.1) is 0 Å². The van der Waals surface area contributed by atoms with E-state index in [1.165, 1.54) is 6.20 Å². The van der Waals surface area contributed by atoms with Gasteiger partial charge >= 0.3 is 0 Å². The van der Waals surface area contributed by atoms with Crippen molar-refractivity contribution in [3.8, 4) is 6.07 Å². The zero-order valence-electron chi connectivity index (χ0n) is 19.6. The number of hydrogen-bond donors (Lipinski definition) is 2. The van der Waals surface area contributed by atoms with Crippen LogP contribution in [0.2, 0.25) is 0 Å². The van der Waals surface area contributed by atoms with Crippen LogP contribution < -0.4 is 16.2 Å². The van der Waals surface area contributed by atoms with Gasteiger partial charge in [-0.2, -0.15) is 5.26 Å². The number of amides is 2. The van der Waals surface area contributed by atoms with Gasteiger partial charge in [-0.1, -0.05) is 12.1 Å². The van der Waals surface area contributed by atoms with Crippen LogP contribution in [0, 0.1) is 23.0 Å². The summed E-state index contributed by atoms with van der Waals surface area (Å²) < 4.78 is 27.9. The van der Waals surface area contributed by atoms with Gasteiger partial charge in [0.05, 0.1) is 11.1 Å². The Kier molecular flexibility index (Phi) is 7.50. The molecule has 37 heavy (non-hydrogen) atoms. The van der Waals surface area contributed by atoms with E-state index in [9.17, 15) is 23.2 Å². The van der Waals surface area contributed by atoms with E-state index in [1.54, 1.807) is 46.7 Å². The van der Waals surface area contributed by atoms with Crippen molar-refractivity contribution in [2.45, 2.75) is 6.42 Å². The zero-order chi connectivity index (χ0) is 26.5. The molecule has 1 fully saturated rings. The van der Waals surface area contributed by atoms with Crippen LogP contribution in [0.1, 0.15) is 42.2 Å². The van der Waals surface area contributed by atoms with Gasteiger partial charge in [-0.25, -0.2) is 19.6 Å². The fourth-order valence-corrected chi connectivity index (χ4v) is 4.13. The Balaban J connectivity index is 1.44. The fraction of sp³-hybridized carbons (Fsp3) is 0.192. The van der Waals surface area contributed by atoms with Crippen LogP contribution in [0.3, 0.4) is 0 Å². The lowest BCUT2D eigenvalue weighted by Crippen LogP contribution is -2.49. The number of pyridine rings is 1. The number of nitriles is 1. The van der Waals surface area contributed by atoms with E-state index in [4.69, 9.17) is 11.1 Å². The lowest BCUT2D eigenvalue weighted by atomic mass is 9.96. The monoisotopic (exact) mass is 504 g/mol. The lowest BCUT2D eigenvalue weighted by molar-refractivity contribution is 0.0745. The van der Waals surface area contributed by atoms with Gasteiger partial charge in [0.15, 0.2) is 17.4 Å². The van der Waals surface area contributed by atoms with Crippen molar-refractivity contribution in [3.05, 3.63) is 94.2 Å². The standard InChI is InChI=1S/C26H22F2N6O3/c27-20-6-5-19(23(24(20)28)25(36)32-30)21(35)13-16-2-1-3-18(12-16)26(37)34-10-8-33(9-11-34)22-7-4-17(14-29)15-31-22/h1-7,12,15H,8-11,13,30H2,(H,32,36). The minimum atomic E-state index is -1.46. The molecule has 0 aliphatic carbocycles. The third kappa shape index (κ3) is 5.44. The molecule has 0 spiro atoms. The Bertz CT molecular complexity index is 1400. The maximum atomic E-state index is 14.2. The van der Waals surface area contributed by atoms with Crippen molar-refractivity contribution in [1.29, 1.82) is 5.26 Å². The predicted octanol–water partition coefficient (Wildman–Crippen LogP) is 2.22. The van der Waals surface area contributed by atoms with E-state index in [2.05, 4.69) is 4.98 Å². The summed E-state index contributed by atoms with van der Waals surface area (Å²) in [5, 5.41) is 8.92. The van der Waals surface area contributed by atoms with Crippen molar-refractivity contribution in [2.24, 2.45) is 5.84 Å². The summed E-state index contributed by atoms with van der Waals surface area (Å²) in [5.74, 6) is 1.08. The summed E-state index contributed by atoms with van der Waals surface area (Å²) >= 11 is 0. The molecule has 0 unspecified atom stereocenters. The molecule has 1 aliphatic rings. The van der Waals surface area contributed by atoms with Crippen LogP contribution in [0.4, 0.5) is 14.6 Å². The Labute approximate surface area is 211 Å². The first-order chi connectivity index (χ1) is 17.8. The van der Waals surface area contributed by atoms with Crippen molar-refractivity contribution in [3.63, 3.8) is 0 Å². The van der Waals surface area contributed by atoms with E-state index >= 15 is 0 Å². The molecule has 9 nitrogen and oxygen atoms in total. The molecule has 3 aromatic rings.